The maximum atomic E-state index is 13.7. The number of rotatable bonds is 15. The fraction of sp³-hybridized carbons (Fsp3) is 0.833. The number of unbranched alkanes of at least 4 members (excludes halogenated alkanes) is 6. The highest BCUT2D eigenvalue weighted by atomic mass is 19.3. The average Bonchev–Trinajstić information content (AvgIpc) is 2.56. The van der Waals surface area contributed by atoms with Gasteiger partial charge in [-0.25, -0.2) is 4.79 Å². The van der Waals surface area contributed by atoms with Crippen molar-refractivity contribution >= 4 is 5.97 Å². The van der Waals surface area contributed by atoms with Crippen molar-refractivity contribution in [1.82, 2.24) is 0 Å². The summed E-state index contributed by atoms with van der Waals surface area (Å²) in [6.45, 7) is 4.27. The van der Waals surface area contributed by atoms with Crippen molar-refractivity contribution < 1.29 is 32.2 Å². The summed E-state index contributed by atoms with van der Waals surface area (Å²) in [6.07, 6.45) is 3.28. The molecule has 0 aromatic rings. The van der Waals surface area contributed by atoms with E-state index >= 15 is 0 Å². The molecule has 0 saturated heterocycles. The van der Waals surface area contributed by atoms with Crippen LogP contribution in [0.25, 0.3) is 0 Å². The van der Waals surface area contributed by atoms with Gasteiger partial charge in [-0.2, -0.15) is 17.6 Å². The quantitative estimate of drug-likeness (QED) is 0.185. The molecule has 7 heteroatoms. The Hall–Kier alpha value is -1.11. The van der Waals surface area contributed by atoms with Crippen LogP contribution in [0.4, 0.5) is 17.6 Å². The van der Waals surface area contributed by atoms with Crippen LogP contribution in [0.2, 0.25) is 0 Å². The van der Waals surface area contributed by atoms with Crippen molar-refractivity contribution in [2.24, 2.45) is 0 Å². The van der Waals surface area contributed by atoms with Gasteiger partial charge in [0, 0.05) is 12.8 Å². The van der Waals surface area contributed by atoms with Crippen molar-refractivity contribution in [2.75, 3.05) is 13.2 Å². The zero-order valence-corrected chi connectivity index (χ0v) is 15.0. The van der Waals surface area contributed by atoms with Gasteiger partial charge in [0.05, 0.1) is 18.8 Å². The van der Waals surface area contributed by atoms with Crippen LogP contribution in [-0.4, -0.2) is 36.1 Å². The molecule has 0 aliphatic heterocycles. The fourth-order valence-electron chi connectivity index (χ4n) is 2.30. The van der Waals surface area contributed by atoms with Crippen LogP contribution in [-0.2, 0) is 9.53 Å². The Bertz CT molecular complexity index is 398. The molecule has 3 nitrogen and oxygen atoms in total. The molecular weight excluding hydrogens is 340 g/mol. The summed E-state index contributed by atoms with van der Waals surface area (Å²) in [4.78, 5) is 11.1. The molecule has 0 aromatic carbocycles. The van der Waals surface area contributed by atoms with Crippen molar-refractivity contribution in [3.05, 3.63) is 12.2 Å². The Morgan fingerprint density at radius 1 is 0.920 bits per heavy atom. The van der Waals surface area contributed by atoms with Crippen LogP contribution in [0.5, 0.6) is 0 Å². The summed E-state index contributed by atoms with van der Waals surface area (Å²) >= 11 is 0. The number of alkyl halides is 4. The zero-order valence-electron chi connectivity index (χ0n) is 15.0. The number of halogens is 4. The molecule has 0 saturated carbocycles. The van der Waals surface area contributed by atoms with Gasteiger partial charge in [-0.1, -0.05) is 52.0 Å². The maximum absolute atomic E-state index is 13.7. The first-order chi connectivity index (χ1) is 11.7. The largest absolute Gasteiger partial charge is 0.462 e. The van der Waals surface area contributed by atoms with Gasteiger partial charge in [0.2, 0.25) is 0 Å². The molecule has 0 radical (unpaired) electrons. The lowest BCUT2D eigenvalue weighted by Gasteiger charge is -2.26. The highest BCUT2D eigenvalue weighted by molar-refractivity contribution is 5.87. The van der Waals surface area contributed by atoms with Crippen molar-refractivity contribution in [3.8, 4) is 0 Å². The van der Waals surface area contributed by atoms with E-state index in [1.54, 1.807) is 0 Å². The Morgan fingerprint density at radius 2 is 1.40 bits per heavy atom. The number of carbonyl (C=O) groups is 1. The molecule has 148 valence electrons. The topological polar surface area (TPSA) is 46.5 Å². The predicted octanol–water partition coefficient (Wildman–Crippen LogP) is 5.27. The number of esters is 1. The number of hydrogen-bond donors (Lipinski definition) is 1. The van der Waals surface area contributed by atoms with Gasteiger partial charge in [0.25, 0.3) is 0 Å². The minimum Gasteiger partial charge on any atom is -0.462 e. The van der Waals surface area contributed by atoms with Crippen LogP contribution in [0.3, 0.4) is 0 Å². The summed E-state index contributed by atoms with van der Waals surface area (Å²) in [5, 5.41) is 8.64. The lowest BCUT2D eigenvalue weighted by atomic mass is 9.99. The highest BCUT2D eigenvalue weighted by Crippen LogP contribution is 2.41. The molecule has 0 amide bonds. The number of ether oxygens (including phenoxy) is 1. The fourth-order valence-corrected chi connectivity index (χ4v) is 2.30. The molecular formula is C18H30F4O3. The van der Waals surface area contributed by atoms with Crippen LogP contribution < -0.4 is 0 Å². The molecule has 25 heavy (non-hydrogen) atoms. The lowest BCUT2D eigenvalue weighted by molar-refractivity contribution is -0.216. The van der Waals surface area contributed by atoms with E-state index in [9.17, 15) is 22.4 Å². The predicted molar refractivity (Wildman–Crippen MR) is 88.9 cm³/mol. The van der Waals surface area contributed by atoms with E-state index in [1.807, 2.05) is 0 Å². The summed E-state index contributed by atoms with van der Waals surface area (Å²) in [5.41, 5.74) is -0.212. The molecule has 0 aromatic heterocycles. The lowest BCUT2D eigenvalue weighted by Crippen LogP contribution is -2.40. The van der Waals surface area contributed by atoms with Gasteiger partial charge in [-0.05, 0) is 12.8 Å². The number of hydrogen-bond acceptors (Lipinski definition) is 3. The first-order valence-electron chi connectivity index (χ1n) is 8.89. The van der Waals surface area contributed by atoms with Crippen molar-refractivity contribution in [1.29, 1.82) is 0 Å². The minimum atomic E-state index is -4.13. The van der Waals surface area contributed by atoms with Crippen LogP contribution >= 0.6 is 0 Å². The Balaban J connectivity index is 4.04. The average molecular weight is 370 g/mol. The second-order valence-electron chi connectivity index (χ2n) is 6.28. The van der Waals surface area contributed by atoms with Gasteiger partial charge >= 0.3 is 17.8 Å². The number of aliphatic hydroxyl groups excluding tert-OH is 1. The van der Waals surface area contributed by atoms with E-state index in [1.165, 1.54) is 0 Å². The van der Waals surface area contributed by atoms with Crippen molar-refractivity contribution in [2.45, 2.75) is 83.0 Å². The zero-order chi connectivity index (χ0) is 19.3. The second kappa shape index (κ2) is 12.3. The van der Waals surface area contributed by atoms with E-state index in [0.29, 0.717) is 6.42 Å². The maximum Gasteiger partial charge on any atom is 0.335 e. The Kier molecular flexibility index (Phi) is 11.7. The van der Waals surface area contributed by atoms with E-state index in [4.69, 9.17) is 5.11 Å². The molecule has 0 aliphatic carbocycles. The second-order valence-corrected chi connectivity index (χ2v) is 6.28. The summed E-state index contributed by atoms with van der Waals surface area (Å²) < 4.78 is 59.3. The SMILES string of the molecule is C=C(CO)C(=O)OCCCC(F)(F)C(F)(F)CCCCCCCCC. The molecule has 0 aliphatic rings. The summed E-state index contributed by atoms with van der Waals surface area (Å²) in [5.74, 6) is -9.11. The molecule has 0 atom stereocenters. The van der Waals surface area contributed by atoms with Crippen LogP contribution in [0, 0.1) is 0 Å². The third kappa shape index (κ3) is 9.82. The molecule has 1 N–H and O–H groups in total. The van der Waals surface area contributed by atoms with Crippen LogP contribution in [0.15, 0.2) is 12.2 Å². The van der Waals surface area contributed by atoms with E-state index < -0.39 is 43.9 Å². The smallest absolute Gasteiger partial charge is 0.335 e. The molecule has 0 heterocycles. The normalized spacial score (nSPS) is 12.2. The van der Waals surface area contributed by atoms with Crippen molar-refractivity contribution in [3.63, 3.8) is 0 Å². The van der Waals surface area contributed by atoms with Gasteiger partial charge < -0.3 is 9.84 Å². The third-order valence-electron chi connectivity index (χ3n) is 3.98. The number of aliphatic hydroxyl groups is 1. The standard InChI is InChI=1S/C18H30F4O3/c1-3-4-5-6-7-8-9-11-17(19,20)18(21,22)12-10-13-25-16(24)15(2)14-23/h23H,2-14H2,1H3. The number of carbonyl (C=O) groups excluding carboxylic acids is 1. The first kappa shape index (κ1) is 23.9. The third-order valence-corrected chi connectivity index (χ3v) is 3.98. The molecule has 0 bridgehead atoms. The monoisotopic (exact) mass is 370 g/mol. The van der Waals surface area contributed by atoms with Crippen LogP contribution in [0.1, 0.15) is 71.1 Å². The van der Waals surface area contributed by atoms with E-state index in [0.717, 1.165) is 32.1 Å². The van der Waals surface area contributed by atoms with E-state index in [2.05, 4.69) is 18.2 Å². The molecule has 0 unspecified atom stereocenters. The van der Waals surface area contributed by atoms with Gasteiger partial charge in [-0.15, -0.1) is 0 Å². The molecule has 0 spiro atoms. The molecule has 0 fully saturated rings. The molecule has 0 rings (SSSR count). The summed E-state index contributed by atoms with van der Waals surface area (Å²) in [6, 6.07) is 0. The minimum absolute atomic E-state index is 0.0695. The highest BCUT2D eigenvalue weighted by Gasteiger charge is 2.54. The van der Waals surface area contributed by atoms with Gasteiger partial charge in [-0.3, -0.25) is 0 Å². The Morgan fingerprint density at radius 3 is 1.92 bits per heavy atom. The van der Waals surface area contributed by atoms with Gasteiger partial charge in [0.1, 0.15) is 0 Å². The van der Waals surface area contributed by atoms with Gasteiger partial charge in [0.15, 0.2) is 0 Å². The summed E-state index contributed by atoms with van der Waals surface area (Å²) in [7, 11) is 0. The first-order valence-corrected chi connectivity index (χ1v) is 8.89. The van der Waals surface area contributed by atoms with E-state index in [-0.39, 0.29) is 18.4 Å². The Labute approximate surface area is 147 Å².